The fraction of sp³-hybridized carbons (Fsp3) is 0.0769. The van der Waals surface area contributed by atoms with Crippen molar-refractivity contribution in [1.82, 2.24) is 9.71 Å². The van der Waals surface area contributed by atoms with Crippen molar-refractivity contribution in [2.45, 2.75) is 11.4 Å². The molecule has 0 bridgehead atoms. The standard InChI is InChI=1S/C13H12N2O4S2/c16-13(17)6-3-10-1-4-12(5-2-10)21(18,19)15-7-11-8-20-9-14-11/h1-6,8-9,15H,7H2,(H,16,17). The smallest absolute Gasteiger partial charge is 0.328 e. The van der Waals surface area contributed by atoms with Crippen molar-refractivity contribution < 1.29 is 18.3 Å². The van der Waals surface area contributed by atoms with Gasteiger partial charge in [0, 0.05) is 11.5 Å². The van der Waals surface area contributed by atoms with Crippen molar-refractivity contribution >= 4 is 33.4 Å². The molecule has 110 valence electrons. The Labute approximate surface area is 125 Å². The van der Waals surface area contributed by atoms with Gasteiger partial charge in [-0.3, -0.25) is 0 Å². The van der Waals surface area contributed by atoms with Gasteiger partial charge >= 0.3 is 5.97 Å². The molecule has 1 aromatic heterocycles. The van der Waals surface area contributed by atoms with Crippen molar-refractivity contribution in [3.05, 3.63) is 52.5 Å². The van der Waals surface area contributed by atoms with E-state index in [9.17, 15) is 13.2 Å². The lowest BCUT2D eigenvalue weighted by atomic mass is 10.2. The third kappa shape index (κ3) is 4.48. The summed E-state index contributed by atoms with van der Waals surface area (Å²) in [5.41, 5.74) is 2.90. The highest BCUT2D eigenvalue weighted by Gasteiger charge is 2.13. The van der Waals surface area contributed by atoms with Crippen molar-refractivity contribution in [3.63, 3.8) is 0 Å². The van der Waals surface area contributed by atoms with E-state index in [1.54, 1.807) is 10.9 Å². The number of carbonyl (C=O) groups is 1. The summed E-state index contributed by atoms with van der Waals surface area (Å²) in [6.07, 6.45) is 2.38. The average molecular weight is 324 g/mol. The van der Waals surface area contributed by atoms with Gasteiger partial charge in [0.2, 0.25) is 10.0 Å². The lowest BCUT2D eigenvalue weighted by Gasteiger charge is -2.05. The molecule has 8 heteroatoms. The zero-order chi connectivity index (χ0) is 15.3. The number of nitrogens with zero attached hydrogens (tertiary/aromatic N) is 1. The number of benzene rings is 1. The minimum atomic E-state index is -3.61. The number of carboxylic acids is 1. The highest BCUT2D eigenvalue weighted by molar-refractivity contribution is 7.89. The molecule has 1 aromatic carbocycles. The molecule has 0 amide bonds. The number of aromatic nitrogens is 1. The predicted octanol–water partition coefficient (Wildman–Crippen LogP) is 1.72. The number of aliphatic carboxylic acids is 1. The number of sulfonamides is 1. The molecule has 0 unspecified atom stereocenters. The summed E-state index contributed by atoms with van der Waals surface area (Å²) in [4.78, 5) is 14.5. The Hall–Kier alpha value is -2.03. The predicted molar refractivity (Wildman–Crippen MR) is 79.3 cm³/mol. The second-order valence-electron chi connectivity index (χ2n) is 4.04. The van der Waals surface area contributed by atoms with Gasteiger partial charge in [-0.25, -0.2) is 22.9 Å². The van der Waals surface area contributed by atoms with Crippen LogP contribution in [0.4, 0.5) is 0 Å². The first-order valence-electron chi connectivity index (χ1n) is 5.85. The first-order chi connectivity index (χ1) is 9.97. The van der Waals surface area contributed by atoms with Gasteiger partial charge in [-0.1, -0.05) is 12.1 Å². The first kappa shape index (κ1) is 15.4. The van der Waals surface area contributed by atoms with E-state index in [0.717, 1.165) is 6.08 Å². The molecule has 6 nitrogen and oxygen atoms in total. The van der Waals surface area contributed by atoms with E-state index in [1.165, 1.54) is 41.7 Å². The van der Waals surface area contributed by atoms with Crippen LogP contribution in [0.2, 0.25) is 0 Å². The van der Waals surface area contributed by atoms with E-state index in [4.69, 9.17) is 5.11 Å². The first-order valence-corrected chi connectivity index (χ1v) is 8.28. The molecule has 21 heavy (non-hydrogen) atoms. The maximum Gasteiger partial charge on any atom is 0.328 e. The van der Waals surface area contributed by atoms with Gasteiger partial charge in [0.15, 0.2) is 0 Å². The summed E-state index contributed by atoms with van der Waals surface area (Å²) < 4.78 is 26.6. The minimum absolute atomic E-state index is 0.116. The van der Waals surface area contributed by atoms with Crippen LogP contribution in [0.1, 0.15) is 11.3 Å². The molecule has 0 atom stereocenters. The number of rotatable bonds is 6. The Balaban J connectivity index is 2.08. The molecule has 0 aliphatic heterocycles. The molecule has 0 aliphatic rings. The molecule has 0 spiro atoms. The number of hydrogen-bond acceptors (Lipinski definition) is 5. The van der Waals surface area contributed by atoms with Crippen LogP contribution in [0.5, 0.6) is 0 Å². The number of nitrogens with one attached hydrogen (secondary N) is 1. The van der Waals surface area contributed by atoms with Gasteiger partial charge in [0.05, 0.1) is 22.6 Å². The molecule has 2 aromatic rings. The van der Waals surface area contributed by atoms with Gasteiger partial charge in [0.25, 0.3) is 0 Å². The summed E-state index contributed by atoms with van der Waals surface area (Å²) in [5.74, 6) is -1.06. The van der Waals surface area contributed by atoms with Crippen LogP contribution in [0, 0.1) is 0 Å². The lowest BCUT2D eigenvalue weighted by Crippen LogP contribution is -2.23. The quantitative estimate of drug-likeness (QED) is 0.789. The Morgan fingerprint density at radius 3 is 2.62 bits per heavy atom. The fourth-order valence-corrected chi connectivity index (χ4v) is 3.06. The Bertz CT molecular complexity index is 735. The van der Waals surface area contributed by atoms with Crippen LogP contribution in [0.3, 0.4) is 0 Å². The molecule has 0 fully saturated rings. The van der Waals surface area contributed by atoms with Crippen LogP contribution in [-0.4, -0.2) is 24.5 Å². The van der Waals surface area contributed by atoms with E-state index in [0.29, 0.717) is 11.3 Å². The van der Waals surface area contributed by atoms with Crippen LogP contribution in [0.25, 0.3) is 6.08 Å². The summed E-state index contributed by atoms with van der Waals surface area (Å²) >= 11 is 1.39. The van der Waals surface area contributed by atoms with E-state index >= 15 is 0 Å². The van der Waals surface area contributed by atoms with Gasteiger partial charge in [-0.15, -0.1) is 11.3 Å². The molecular formula is C13H12N2O4S2. The summed E-state index contributed by atoms with van der Waals surface area (Å²) in [6.45, 7) is 0.131. The average Bonchev–Trinajstić information content (AvgIpc) is 2.97. The van der Waals surface area contributed by atoms with E-state index in [1.807, 2.05) is 0 Å². The molecule has 1 heterocycles. The number of hydrogen-bond donors (Lipinski definition) is 2. The SMILES string of the molecule is O=C(O)C=Cc1ccc(S(=O)(=O)NCc2cscn2)cc1. The minimum Gasteiger partial charge on any atom is -0.478 e. The summed E-state index contributed by atoms with van der Waals surface area (Å²) in [6, 6.07) is 5.92. The van der Waals surface area contributed by atoms with E-state index in [2.05, 4.69) is 9.71 Å². The van der Waals surface area contributed by atoms with E-state index < -0.39 is 16.0 Å². The van der Waals surface area contributed by atoms with Crippen LogP contribution in [-0.2, 0) is 21.4 Å². The van der Waals surface area contributed by atoms with Crippen molar-refractivity contribution in [3.8, 4) is 0 Å². The normalized spacial score (nSPS) is 11.8. The van der Waals surface area contributed by atoms with Gasteiger partial charge in [-0.05, 0) is 23.8 Å². The van der Waals surface area contributed by atoms with Crippen LogP contribution >= 0.6 is 11.3 Å². The highest BCUT2D eigenvalue weighted by Crippen LogP contribution is 2.12. The Kier molecular flexibility index (Phi) is 4.84. The molecule has 0 saturated carbocycles. The monoisotopic (exact) mass is 324 g/mol. The fourth-order valence-electron chi connectivity index (χ4n) is 1.50. The topological polar surface area (TPSA) is 96.4 Å². The van der Waals surface area contributed by atoms with Crippen molar-refractivity contribution in [1.29, 1.82) is 0 Å². The maximum atomic E-state index is 12.1. The summed E-state index contributed by atoms with van der Waals surface area (Å²) in [5, 5.41) is 10.3. The second kappa shape index (κ2) is 6.61. The molecular weight excluding hydrogens is 312 g/mol. The molecule has 0 radical (unpaired) electrons. The third-order valence-electron chi connectivity index (χ3n) is 2.54. The van der Waals surface area contributed by atoms with Crippen LogP contribution in [0.15, 0.2) is 46.1 Å². The molecule has 2 rings (SSSR count). The van der Waals surface area contributed by atoms with Crippen molar-refractivity contribution in [2.75, 3.05) is 0 Å². The van der Waals surface area contributed by atoms with Gasteiger partial charge in [-0.2, -0.15) is 0 Å². The zero-order valence-electron chi connectivity index (χ0n) is 10.8. The van der Waals surface area contributed by atoms with Crippen molar-refractivity contribution in [2.24, 2.45) is 0 Å². The zero-order valence-corrected chi connectivity index (χ0v) is 12.4. The van der Waals surface area contributed by atoms with Gasteiger partial charge < -0.3 is 5.11 Å². The maximum absolute atomic E-state index is 12.1. The largest absolute Gasteiger partial charge is 0.478 e. The molecule has 0 aliphatic carbocycles. The highest BCUT2D eigenvalue weighted by atomic mass is 32.2. The van der Waals surface area contributed by atoms with E-state index in [-0.39, 0.29) is 11.4 Å². The number of carboxylic acid groups (broad SMARTS) is 1. The molecule has 2 N–H and O–H groups in total. The lowest BCUT2D eigenvalue weighted by molar-refractivity contribution is -0.131. The third-order valence-corrected chi connectivity index (χ3v) is 4.59. The second-order valence-corrected chi connectivity index (χ2v) is 6.53. The van der Waals surface area contributed by atoms with Crippen LogP contribution < -0.4 is 4.72 Å². The Morgan fingerprint density at radius 1 is 1.33 bits per heavy atom. The Morgan fingerprint density at radius 2 is 2.05 bits per heavy atom. The van der Waals surface area contributed by atoms with Gasteiger partial charge in [0.1, 0.15) is 0 Å². The summed E-state index contributed by atoms with van der Waals surface area (Å²) in [7, 11) is -3.61. The molecule has 0 saturated heterocycles. The number of thiazole rings is 1.